The van der Waals surface area contributed by atoms with Crippen molar-refractivity contribution >= 4 is 38.9 Å². The molecule has 5 nitrogen and oxygen atoms in total. The second kappa shape index (κ2) is 6.96. The maximum absolute atomic E-state index is 13.2. The number of nitrogens with zero attached hydrogens (tertiary/aromatic N) is 1. The van der Waals surface area contributed by atoms with Gasteiger partial charge in [-0.1, -0.05) is 48.0 Å². The van der Waals surface area contributed by atoms with Crippen molar-refractivity contribution in [2.75, 3.05) is 16.2 Å². The number of aryl methyl sites for hydroxylation is 1. The molecule has 1 heterocycles. The lowest BCUT2D eigenvalue weighted by Crippen LogP contribution is -2.40. The first-order valence-corrected chi connectivity index (χ1v) is 10.5. The number of carbonyl (C=O) groups is 1. The molecule has 0 fully saturated rings. The van der Waals surface area contributed by atoms with Gasteiger partial charge in [-0.25, -0.2) is 8.42 Å². The summed E-state index contributed by atoms with van der Waals surface area (Å²) in [6.45, 7) is 1.54. The smallest absolute Gasteiger partial charge is 0.265 e. The number of nitrogens with one attached hydrogen (secondary N) is 1. The Morgan fingerprint density at radius 1 is 1.00 bits per heavy atom. The van der Waals surface area contributed by atoms with Gasteiger partial charge < -0.3 is 5.32 Å². The van der Waals surface area contributed by atoms with Gasteiger partial charge in [-0.15, -0.1) is 0 Å². The average molecular weight is 413 g/mol. The minimum Gasteiger partial charge on any atom is -0.324 e. The van der Waals surface area contributed by atoms with E-state index in [1.807, 2.05) is 25.1 Å². The highest BCUT2D eigenvalue weighted by Crippen LogP contribution is 2.43. The van der Waals surface area contributed by atoms with E-state index in [1.165, 1.54) is 0 Å². The van der Waals surface area contributed by atoms with Crippen molar-refractivity contribution in [1.82, 2.24) is 0 Å². The second-order valence-corrected chi connectivity index (χ2v) is 8.80. The quantitative estimate of drug-likeness (QED) is 0.690. The van der Waals surface area contributed by atoms with Gasteiger partial charge in [-0.3, -0.25) is 9.10 Å². The van der Waals surface area contributed by atoms with Crippen molar-refractivity contribution in [3.63, 3.8) is 0 Å². The lowest BCUT2D eigenvalue weighted by molar-refractivity contribution is -0.114. The van der Waals surface area contributed by atoms with E-state index in [0.29, 0.717) is 27.5 Å². The number of amides is 1. The molecular formula is C21H17ClN2O3S. The first-order valence-electron chi connectivity index (χ1n) is 8.65. The number of hydrogen-bond acceptors (Lipinski definition) is 3. The third-order valence-electron chi connectivity index (χ3n) is 4.68. The Hall–Kier alpha value is -2.83. The summed E-state index contributed by atoms with van der Waals surface area (Å²) in [5, 5.41) is 3.29. The van der Waals surface area contributed by atoms with Crippen LogP contribution in [-0.2, 0) is 14.8 Å². The van der Waals surface area contributed by atoms with Crippen molar-refractivity contribution < 1.29 is 13.2 Å². The summed E-state index contributed by atoms with van der Waals surface area (Å²) in [7, 11) is -3.88. The van der Waals surface area contributed by atoms with Gasteiger partial charge in [-0.05, 0) is 42.8 Å². The van der Waals surface area contributed by atoms with Gasteiger partial charge in [-0.2, -0.15) is 0 Å². The minimum absolute atomic E-state index is 0.161. The third-order valence-corrected chi connectivity index (χ3v) is 6.73. The van der Waals surface area contributed by atoms with Gasteiger partial charge in [0.1, 0.15) is 6.54 Å². The Bertz CT molecular complexity index is 1190. The number of anilines is 2. The van der Waals surface area contributed by atoms with Gasteiger partial charge in [0.2, 0.25) is 5.91 Å². The monoisotopic (exact) mass is 412 g/mol. The fourth-order valence-corrected chi connectivity index (χ4v) is 5.13. The molecule has 4 rings (SSSR count). The summed E-state index contributed by atoms with van der Waals surface area (Å²) < 4.78 is 27.6. The van der Waals surface area contributed by atoms with E-state index < -0.39 is 15.9 Å². The highest BCUT2D eigenvalue weighted by molar-refractivity contribution is 7.93. The zero-order valence-electron chi connectivity index (χ0n) is 15.0. The van der Waals surface area contributed by atoms with Crippen molar-refractivity contribution in [3.05, 3.63) is 77.3 Å². The van der Waals surface area contributed by atoms with Crippen LogP contribution in [0, 0.1) is 6.92 Å². The standard InChI is InChI=1S/C21H17ClN2O3S/c1-14-6-2-4-8-18(14)23-21(25)13-24-19-11-10-15(22)12-17(19)16-7-3-5-9-20(16)28(24,26)27/h2-12H,13H2,1H3,(H,23,25). The summed E-state index contributed by atoms with van der Waals surface area (Å²) >= 11 is 6.15. The van der Waals surface area contributed by atoms with Crippen molar-refractivity contribution in [2.24, 2.45) is 0 Å². The highest BCUT2D eigenvalue weighted by Gasteiger charge is 2.35. The predicted octanol–water partition coefficient (Wildman–Crippen LogP) is 4.46. The van der Waals surface area contributed by atoms with E-state index in [9.17, 15) is 13.2 Å². The zero-order chi connectivity index (χ0) is 19.9. The average Bonchev–Trinajstić information content (AvgIpc) is 2.67. The molecule has 3 aromatic rings. The van der Waals surface area contributed by atoms with E-state index in [1.54, 1.807) is 48.5 Å². The molecule has 142 valence electrons. The molecule has 1 aliphatic heterocycles. The summed E-state index contributed by atoms with van der Waals surface area (Å²) in [4.78, 5) is 12.8. The fraction of sp³-hybridized carbons (Fsp3) is 0.0952. The molecule has 1 aliphatic rings. The van der Waals surface area contributed by atoms with Gasteiger partial charge >= 0.3 is 0 Å². The van der Waals surface area contributed by atoms with E-state index >= 15 is 0 Å². The van der Waals surface area contributed by atoms with Crippen LogP contribution in [0.2, 0.25) is 5.02 Å². The number of fused-ring (bicyclic) bond motifs is 3. The molecular weight excluding hydrogens is 396 g/mol. The largest absolute Gasteiger partial charge is 0.324 e. The first kappa shape index (κ1) is 18.5. The molecule has 0 bridgehead atoms. The third kappa shape index (κ3) is 3.15. The van der Waals surface area contributed by atoms with Crippen LogP contribution >= 0.6 is 11.6 Å². The summed E-state index contributed by atoms with van der Waals surface area (Å²) in [5.74, 6) is -0.418. The van der Waals surface area contributed by atoms with Crippen LogP contribution in [0.5, 0.6) is 0 Å². The predicted molar refractivity (Wildman–Crippen MR) is 111 cm³/mol. The first-order chi connectivity index (χ1) is 13.4. The molecule has 0 radical (unpaired) electrons. The summed E-state index contributed by atoms with van der Waals surface area (Å²) in [6, 6.07) is 19.0. The fourth-order valence-electron chi connectivity index (χ4n) is 3.31. The number of sulfonamides is 1. The van der Waals surface area contributed by atoms with Crippen LogP contribution in [0.15, 0.2) is 71.6 Å². The summed E-state index contributed by atoms with van der Waals surface area (Å²) in [5.41, 5.74) is 3.24. The molecule has 0 aromatic heterocycles. The number of halogens is 1. The van der Waals surface area contributed by atoms with Gasteiger partial charge in [0, 0.05) is 21.8 Å². The second-order valence-electron chi connectivity index (χ2n) is 6.53. The minimum atomic E-state index is -3.88. The number of rotatable bonds is 3. The summed E-state index contributed by atoms with van der Waals surface area (Å²) in [6.07, 6.45) is 0. The number of carbonyl (C=O) groups excluding carboxylic acids is 1. The van der Waals surface area contributed by atoms with Crippen molar-refractivity contribution in [3.8, 4) is 11.1 Å². The lowest BCUT2D eigenvalue weighted by Gasteiger charge is -2.31. The molecule has 28 heavy (non-hydrogen) atoms. The van der Waals surface area contributed by atoms with Gasteiger partial charge in [0.15, 0.2) is 0 Å². The molecule has 3 aromatic carbocycles. The van der Waals surface area contributed by atoms with E-state index in [-0.39, 0.29) is 11.4 Å². The van der Waals surface area contributed by atoms with Crippen LogP contribution in [0.25, 0.3) is 11.1 Å². The van der Waals surface area contributed by atoms with Crippen molar-refractivity contribution in [1.29, 1.82) is 0 Å². The van der Waals surface area contributed by atoms with E-state index in [0.717, 1.165) is 9.87 Å². The Balaban J connectivity index is 1.75. The Labute approximate surface area is 168 Å². The molecule has 0 aliphatic carbocycles. The van der Waals surface area contributed by atoms with Gasteiger partial charge in [0.25, 0.3) is 10.0 Å². The number of hydrogen-bond donors (Lipinski definition) is 1. The molecule has 0 saturated heterocycles. The van der Waals surface area contributed by atoms with Gasteiger partial charge in [0.05, 0.1) is 10.6 Å². The molecule has 0 spiro atoms. The molecule has 1 N–H and O–H groups in total. The molecule has 7 heteroatoms. The van der Waals surface area contributed by atoms with Crippen molar-refractivity contribution in [2.45, 2.75) is 11.8 Å². The topological polar surface area (TPSA) is 66.5 Å². The highest BCUT2D eigenvalue weighted by atomic mass is 35.5. The Morgan fingerprint density at radius 2 is 1.71 bits per heavy atom. The van der Waals surface area contributed by atoms with Crippen LogP contribution in [0.3, 0.4) is 0 Å². The Morgan fingerprint density at radius 3 is 2.50 bits per heavy atom. The van der Waals surface area contributed by atoms with Crippen LogP contribution in [0.4, 0.5) is 11.4 Å². The van der Waals surface area contributed by atoms with Crippen LogP contribution in [0.1, 0.15) is 5.56 Å². The Kier molecular flexibility index (Phi) is 4.61. The maximum atomic E-state index is 13.2. The molecule has 1 amide bonds. The number of benzene rings is 3. The molecule has 0 unspecified atom stereocenters. The van der Waals surface area contributed by atoms with Crippen LogP contribution < -0.4 is 9.62 Å². The molecule has 0 atom stereocenters. The normalized spacial score (nSPS) is 14.1. The molecule has 0 saturated carbocycles. The lowest BCUT2D eigenvalue weighted by atomic mass is 10.0. The zero-order valence-corrected chi connectivity index (χ0v) is 16.6. The van der Waals surface area contributed by atoms with E-state index in [2.05, 4.69) is 5.32 Å². The van der Waals surface area contributed by atoms with E-state index in [4.69, 9.17) is 11.6 Å². The van der Waals surface area contributed by atoms with Crippen LogP contribution in [-0.4, -0.2) is 20.9 Å². The number of para-hydroxylation sites is 1. The SMILES string of the molecule is Cc1ccccc1NC(=O)CN1c2ccc(Cl)cc2-c2ccccc2S1(=O)=O. The maximum Gasteiger partial charge on any atom is 0.265 e.